The molecule has 0 bridgehead atoms. The number of amides is 1. The van der Waals surface area contributed by atoms with Crippen molar-refractivity contribution in [3.8, 4) is 11.3 Å². The van der Waals surface area contributed by atoms with Gasteiger partial charge in [0.05, 0.1) is 11.4 Å². The second kappa shape index (κ2) is 5.97. The molecule has 4 heterocycles. The lowest BCUT2D eigenvalue weighted by Crippen LogP contribution is -2.36. The first-order valence-electron chi connectivity index (χ1n) is 7.92. The molecular weight excluding hydrogens is 320 g/mol. The van der Waals surface area contributed by atoms with E-state index >= 15 is 0 Å². The molecule has 0 aromatic carbocycles. The molecule has 1 aliphatic heterocycles. The summed E-state index contributed by atoms with van der Waals surface area (Å²) in [5.41, 5.74) is 3.56. The van der Waals surface area contributed by atoms with Gasteiger partial charge in [0.1, 0.15) is 5.69 Å². The molecule has 0 radical (unpaired) electrons. The van der Waals surface area contributed by atoms with Crippen molar-refractivity contribution in [2.24, 2.45) is 7.05 Å². The van der Waals surface area contributed by atoms with Gasteiger partial charge in [-0.15, -0.1) is 0 Å². The summed E-state index contributed by atoms with van der Waals surface area (Å²) >= 11 is 0. The smallest absolute Gasteiger partial charge is 0.325 e. The maximum absolute atomic E-state index is 12.6. The highest BCUT2D eigenvalue weighted by molar-refractivity contribution is 5.92. The van der Waals surface area contributed by atoms with E-state index in [4.69, 9.17) is 0 Å². The monoisotopic (exact) mass is 336 g/mol. The largest absolute Gasteiger partial charge is 0.333 e. The molecule has 8 nitrogen and oxygen atoms in total. The van der Waals surface area contributed by atoms with Crippen LogP contribution < -0.4 is 5.69 Å². The maximum atomic E-state index is 12.6. The number of imidazole rings is 1. The Morgan fingerprint density at radius 3 is 2.76 bits per heavy atom. The number of fused-ring (bicyclic) bond motifs is 1. The molecule has 25 heavy (non-hydrogen) atoms. The zero-order valence-corrected chi connectivity index (χ0v) is 13.6. The van der Waals surface area contributed by atoms with Gasteiger partial charge in [-0.05, 0) is 23.8 Å². The molecule has 3 aromatic heterocycles. The van der Waals surface area contributed by atoms with Crippen molar-refractivity contribution in [2.75, 3.05) is 6.54 Å². The van der Waals surface area contributed by atoms with Crippen molar-refractivity contribution >= 4 is 5.91 Å². The number of rotatable bonds is 2. The molecule has 0 unspecified atom stereocenters. The SMILES string of the molecule is Cn1cc(C(=O)N2CCc3nnc(-c4ccncc4)cc3C2)[nH]c1=O. The fourth-order valence-corrected chi connectivity index (χ4v) is 2.93. The first-order valence-corrected chi connectivity index (χ1v) is 7.92. The summed E-state index contributed by atoms with van der Waals surface area (Å²) < 4.78 is 1.36. The van der Waals surface area contributed by atoms with Gasteiger partial charge in [0.25, 0.3) is 5.91 Å². The predicted molar refractivity (Wildman–Crippen MR) is 89.7 cm³/mol. The number of carbonyl (C=O) groups excluding carboxylic acids is 1. The van der Waals surface area contributed by atoms with E-state index in [1.54, 1.807) is 24.3 Å². The van der Waals surface area contributed by atoms with Gasteiger partial charge in [0, 0.05) is 50.7 Å². The first-order chi connectivity index (χ1) is 12.1. The van der Waals surface area contributed by atoms with E-state index in [0.29, 0.717) is 25.2 Å². The molecule has 3 aromatic rings. The van der Waals surface area contributed by atoms with E-state index < -0.39 is 0 Å². The Balaban J connectivity index is 1.62. The van der Waals surface area contributed by atoms with Crippen LogP contribution in [-0.2, 0) is 20.0 Å². The van der Waals surface area contributed by atoms with Gasteiger partial charge in [0.2, 0.25) is 0 Å². The summed E-state index contributed by atoms with van der Waals surface area (Å²) in [6.07, 6.45) is 5.57. The fourth-order valence-electron chi connectivity index (χ4n) is 2.93. The van der Waals surface area contributed by atoms with Crippen LogP contribution in [0.25, 0.3) is 11.3 Å². The highest BCUT2D eigenvalue weighted by Crippen LogP contribution is 2.23. The van der Waals surface area contributed by atoms with Crippen LogP contribution in [0.2, 0.25) is 0 Å². The molecule has 8 heteroatoms. The number of aromatic nitrogens is 5. The van der Waals surface area contributed by atoms with Crippen molar-refractivity contribution < 1.29 is 4.79 Å². The average Bonchev–Trinajstić information content (AvgIpc) is 2.99. The zero-order valence-electron chi connectivity index (χ0n) is 13.6. The Hall–Kier alpha value is -3.29. The number of nitrogens with one attached hydrogen (secondary N) is 1. The highest BCUT2D eigenvalue weighted by Gasteiger charge is 2.24. The van der Waals surface area contributed by atoms with Crippen molar-refractivity contribution in [1.29, 1.82) is 0 Å². The Bertz CT molecular complexity index is 992. The lowest BCUT2D eigenvalue weighted by atomic mass is 10.0. The minimum Gasteiger partial charge on any atom is -0.333 e. The highest BCUT2D eigenvalue weighted by atomic mass is 16.2. The maximum Gasteiger partial charge on any atom is 0.325 e. The molecule has 0 fully saturated rings. The van der Waals surface area contributed by atoms with Gasteiger partial charge in [0.15, 0.2) is 0 Å². The molecule has 0 aliphatic carbocycles. The summed E-state index contributed by atoms with van der Waals surface area (Å²) in [5.74, 6) is -0.189. The van der Waals surface area contributed by atoms with Crippen LogP contribution in [0.1, 0.15) is 21.7 Å². The molecule has 4 rings (SSSR count). The third kappa shape index (κ3) is 2.82. The van der Waals surface area contributed by atoms with Crippen LogP contribution in [0.15, 0.2) is 41.6 Å². The van der Waals surface area contributed by atoms with E-state index in [9.17, 15) is 9.59 Å². The molecule has 1 N–H and O–H groups in total. The van der Waals surface area contributed by atoms with Gasteiger partial charge in [-0.1, -0.05) is 0 Å². The number of aromatic amines is 1. The van der Waals surface area contributed by atoms with Crippen LogP contribution in [-0.4, -0.2) is 42.1 Å². The molecular formula is C17H16N6O2. The lowest BCUT2D eigenvalue weighted by Gasteiger charge is -2.27. The summed E-state index contributed by atoms with van der Waals surface area (Å²) in [6.45, 7) is 0.991. The molecule has 1 amide bonds. The number of aryl methyl sites for hydroxylation is 1. The van der Waals surface area contributed by atoms with Gasteiger partial charge in [-0.25, -0.2) is 4.79 Å². The number of pyridine rings is 1. The Kier molecular flexibility index (Phi) is 3.64. The second-order valence-electron chi connectivity index (χ2n) is 6.00. The van der Waals surface area contributed by atoms with E-state index in [-0.39, 0.29) is 11.6 Å². The standard InChI is InChI=1S/C17H16N6O2/c1-22-10-15(19-17(22)25)16(24)23-7-4-13-12(9-23)8-14(21-20-13)11-2-5-18-6-3-11/h2-3,5-6,8,10H,4,7,9H2,1H3,(H,19,25). The molecule has 0 spiro atoms. The number of hydrogen-bond donors (Lipinski definition) is 1. The van der Waals surface area contributed by atoms with Crippen molar-refractivity contribution in [3.05, 3.63) is 64.2 Å². The van der Waals surface area contributed by atoms with E-state index in [0.717, 1.165) is 22.5 Å². The van der Waals surface area contributed by atoms with Crippen LogP contribution in [0, 0.1) is 0 Å². The van der Waals surface area contributed by atoms with Gasteiger partial charge in [-0.2, -0.15) is 10.2 Å². The van der Waals surface area contributed by atoms with Crippen LogP contribution in [0.3, 0.4) is 0 Å². The zero-order chi connectivity index (χ0) is 17.4. The third-order valence-corrected chi connectivity index (χ3v) is 4.32. The minimum atomic E-state index is -0.299. The van der Waals surface area contributed by atoms with Crippen LogP contribution in [0.5, 0.6) is 0 Å². The minimum absolute atomic E-state index is 0.189. The van der Waals surface area contributed by atoms with Crippen molar-refractivity contribution in [2.45, 2.75) is 13.0 Å². The normalized spacial score (nSPS) is 13.6. The van der Waals surface area contributed by atoms with Crippen LogP contribution in [0.4, 0.5) is 0 Å². The molecule has 0 saturated carbocycles. The average molecular weight is 336 g/mol. The quantitative estimate of drug-likeness (QED) is 0.745. The lowest BCUT2D eigenvalue weighted by molar-refractivity contribution is 0.0727. The number of carbonyl (C=O) groups is 1. The van der Waals surface area contributed by atoms with Crippen molar-refractivity contribution in [1.82, 2.24) is 29.6 Å². The summed E-state index contributed by atoms with van der Waals surface area (Å²) in [6, 6.07) is 5.71. The van der Waals surface area contributed by atoms with Gasteiger partial charge < -0.3 is 14.5 Å². The summed E-state index contributed by atoms with van der Waals surface area (Å²) in [5, 5.41) is 8.58. The topological polar surface area (TPSA) is 96.8 Å². The Morgan fingerprint density at radius 1 is 1.24 bits per heavy atom. The van der Waals surface area contributed by atoms with Gasteiger partial charge in [-0.3, -0.25) is 9.78 Å². The van der Waals surface area contributed by atoms with Crippen molar-refractivity contribution in [3.63, 3.8) is 0 Å². The summed E-state index contributed by atoms with van der Waals surface area (Å²) in [7, 11) is 1.61. The first kappa shape index (κ1) is 15.3. The van der Waals surface area contributed by atoms with Gasteiger partial charge >= 0.3 is 5.69 Å². The molecule has 0 saturated heterocycles. The Morgan fingerprint density at radius 2 is 2.04 bits per heavy atom. The number of hydrogen-bond acceptors (Lipinski definition) is 5. The number of nitrogens with zero attached hydrogens (tertiary/aromatic N) is 5. The van der Waals surface area contributed by atoms with E-state index in [2.05, 4.69) is 20.2 Å². The number of H-pyrrole nitrogens is 1. The van der Waals surface area contributed by atoms with Crippen LogP contribution >= 0.6 is 0 Å². The fraction of sp³-hybridized carbons (Fsp3) is 0.235. The molecule has 1 aliphatic rings. The third-order valence-electron chi connectivity index (χ3n) is 4.32. The predicted octanol–water partition coefficient (Wildman–Crippen LogP) is 0.764. The summed E-state index contributed by atoms with van der Waals surface area (Å²) in [4.78, 5) is 32.5. The Labute approximate surface area is 143 Å². The second-order valence-corrected chi connectivity index (χ2v) is 6.00. The molecule has 126 valence electrons. The molecule has 0 atom stereocenters. The van der Waals surface area contributed by atoms with E-state index in [1.165, 1.54) is 10.8 Å². The van der Waals surface area contributed by atoms with E-state index in [1.807, 2.05) is 18.2 Å².